The molecule has 1 aliphatic heterocycles. The first kappa shape index (κ1) is 14.6. The number of nitrogens with zero attached hydrogens (tertiary/aromatic N) is 2. The molecule has 7 heteroatoms. The van der Waals surface area contributed by atoms with Crippen LogP contribution in [0.15, 0.2) is 23.5 Å². The highest BCUT2D eigenvalue weighted by atomic mass is 32.2. The number of hydrogen-bond donors (Lipinski definition) is 1. The molecule has 100 valence electrons. The molecule has 1 aromatic rings. The number of aromatic nitrogens is 1. The van der Waals surface area contributed by atoms with Crippen molar-refractivity contribution in [3.8, 4) is 5.75 Å². The molecule has 0 saturated carbocycles. The van der Waals surface area contributed by atoms with Crippen LogP contribution in [0.25, 0.3) is 0 Å². The summed E-state index contributed by atoms with van der Waals surface area (Å²) in [7, 11) is 0. The molecular formula is C11H16N2O4S. The van der Waals surface area contributed by atoms with Gasteiger partial charge in [0.15, 0.2) is 0 Å². The van der Waals surface area contributed by atoms with Gasteiger partial charge in [-0.15, -0.1) is 0 Å². The molecule has 1 aliphatic rings. The summed E-state index contributed by atoms with van der Waals surface area (Å²) in [6.45, 7) is 3.12. The third-order valence-electron chi connectivity index (χ3n) is 1.94. The van der Waals surface area contributed by atoms with Gasteiger partial charge >= 0.3 is 0 Å². The predicted molar refractivity (Wildman–Crippen MR) is 69.2 cm³/mol. The summed E-state index contributed by atoms with van der Waals surface area (Å²) < 4.78 is 22.1. The molecule has 6 nitrogen and oxygen atoms in total. The van der Waals surface area contributed by atoms with E-state index in [0.717, 1.165) is 23.6 Å². The van der Waals surface area contributed by atoms with Crippen molar-refractivity contribution >= 4 is 16.8 Å². The van der Waals surface area contributed by atoms with Crippen LogP contribution in [0.3, 0.4) is 0 Å². The number of oxime groups is 1. The fraction of sp³-hybridized carbons (Fsp3) is 0.455. The molecule has 1 N–H and O–H groups in total. The van der Waals surface area contributed by atoms with Gasteiger partial charge in [-0.3, -0.25) is 4.98 Å². The van der Waals surface area contributed by atoms with Crippen LogP contribution in [0, 0.1) is 0 Å². The first-order valence-electron chi connectivity index (χ1n) is 5.44. The zero-order chi connectivity index (χ0) is 13.4. The highest BCUT2D eigenvalue weighted by Crippen LogP contribution is 2.22. The minimum atomic E-state index is -1.61. The molecule has 0 saturated heterocycles. The van der Waals surface area contributed by atoms with Crippen LogP contribution in [0.4, 0.5) is 0 Å². The van der Waals surface area contributed by atoms with Gasteiger partial charge in [-0.05, 0) is 19.1 Å². The molecule has 0 fully saturated rings. The van der Waals surface area contributed by atoms with Crippen molar-refractivity contribution in [2.24, 2.45) is 5.16 Å². The van der Waals surface area contributed by atoms with Gasteiger partial charge in [-0.25, -0.2) is 4.21 Å². The lowest BCUT2D eigenvalue weighted by Gasteiger charge is -2.16. The second-order valence-corrected chi connectivity index (χ2v) is 4.18. The lowest BCUT2D eigenvalue weighted by atomic mass is 10.1. The summed E-state index contributed by atoms with van der Waals surface area (Å²) in [6, 6.07) is 3.74. The quantitative estimate of drug-likeness (QED) is 0.651. The van der Waals surface area contributed by atoms with Crippen molar-refractivity contribution in [3.05, 3.63) is 24.0 Å². The largest absolute Gasteiger partial charge is 0.491 e. The van der Waals surface area contributed by atoms with Crippen molar-refractivity contribution in [2.45, 2.75) is 13.3 Å². The monoisotopic (exact) mass is 272 g/mol. The van der Waals surface area contributed by atoms with E-state index in [1.54, 1.807) is 6.20 Å². The number of fused-ring (bicyclic) bond motifs is 1. The van der Waals surface area contributed by atoms with Crippen molar-refractivity contribution in [1.82, 2.24) is 4.98 Å². The van der Waals surface area contributed by atoms with E-state index in [-0.39, 0.29) is 0 Å². The summed E-state index contributed by atoms with van der Waals surface area (Å²) >= 11 is -1.61. The molecular weight excluding hydrogens is 256 g/mol. The summed E-state index contributed by atoms with van der Waals surface area (Å²) in [5, 5.41) is 4.02. The van der Waals surface area contributed by atoms with E-state index in [0.29, 0.717) is 13.2 Å². The third-order valence-corrected chi connectivity index (χ3v) is 1.94. The Morgan fingerprint density at radius 1 is 1.67 bits per heavy atom. The molecule has 0 spiro atoms. The zero-order valence-corrected chi connectivity index (χ0v) is 11.1. The maximum absolute atomic E-state index is 9.11. The Balaban J connectivity index is 0.000000357. The van der Waals surface area contributed by atoms with Crippen molar-refractivity contribution in [2.75, 3.05) is 19.5 Å². The van der Waals surface area contributed by atoms with Gasteiger partial charge in [0.25, 0.3) is 0 Å². The SMILES string of the molecule is CCO/N=C1\CCOc2cccnc21.CS(=O)O. The molecule has 2 heterocycles. The van der Waals surface area contributed by atoms with Gasteiger partial charge in [-0.1, -0.05) is 5.16 Å². The first-order valence-corrected chi connectivity index (χ1v) is 6.96. The van der Waals surface area contributed by atoms with Crippen molar-refractivity contribution in [3.63, 3.8) is 0 Å². The maximum Gasteiger partial charge on any atom is 0.149 e. The Labute approximate surface area is 108 Å². The summed E-state index contributed by atoms with van der Waals surface area (Å²) in [5.74, 6) is 0.789. The van der Waals surface area contributed by atoms with E-state index < -0.39 is 11.1 Å². The number of pyridine rings is 1. The second-order valence-electron chi connectivity index (χ2n) is 3.33. The minimum absolute atomic E-state index is 0.576. The van der Waals surface area contributed by atoms with E-state index in [2.05, 4.69) is 10.1 Å². The fourth-order valence-corrected chi connectivity index (χ4v) is 1.33. The van der Waals surface area contributed by atoms with E-state index in [1.807, 2.05) is 19.1 Å². The minimum Gasteiger partial charge on any atom is -0.491 e. The molecule has 1 aromatic heterocycles. The Hall–Kier alpha value is -1.47. The first-order chi connectivity index (χ1) is 8.65. The highest BCUT2D eigenvalue weighted by molar-refractivity contribution is 7.78. The van der Waals surface area contributed by atoms with Gasteiger partial charge in [0.2, 0.25) is 0 Å². The fourth-order valence-electron chi connectivity index (χ4n) is 1.33. The van der Waals surface area contributed by atoms with Gasteiger partial charge < -0.3 is 14.1 Å². The van der Waals surface area contributed by atoms with Crippen LogP contribution in [0.2, 0.25) is 0 Å². The topological polar surface area (TPSA) is 81.0 Å². The molecule has 1 unspecified atom stereocenters. The van der Waals surface area contributed by atoms with Crippen LogP contribution in [-0.2, 0) is 15.9 Å². The molecule has 0 bridgehead atoms. The standard InChI is InChI=1S/C10H12N2O2.CH4O2S/c1-2-14-12-8-5-7-13-9-4-3-6-11-10(8)9;1-4(2)3/h3-4,6H,2,5,7H2,1H3;1H3,(H,2,3)/b12-8+;. The van der Waals surface area contributed by atoms with Crippen LogP contribution >= 0.6 is 0 Å². The normalized spacial score (nSPS) is 16.9. The molecule has 0 radical (unpaired) electrons. The Bertz CT molecular complexity index is 433. The van der Waals surface area contributed by atoms with Crippen molar-refractivity contribution in [1.29, 1.82) is 0 Å². The van der Waals surface area contributed by atoms with Crippen molar-refractivity contribution < 1.29 is 18.3 Å². The Morgan fingerprint density at radius 3 is 3.06 bits per heavy atom. The Kier molecular flexibility index (Phi) is 6.31. The van der Waals surface area contributed by atoms with Gasteiger partial charge in [-0.2, -0.15) is 0 Å². The predicted octanol–water partition coefficient (Wildman–Crippen LogP) is 1.44. The lowest BCUT2D eigenvalue weighted by Crippen LogP contribution is -2.18. The van der Waals surface area contributed by atoms with Crippen LogP contribution in [0.1, 0.15) is 19.0 Å². The number of ether oxygens (including phenoxy) is 1. The average Bonchev–Trinajstić information content (AvgIpc) is 2.35. The maximum atomic E-state index is 9.11. The molecule has 2 rings (SSSR count). The van der Waals surface area contributed by atoms with E-state index in [4.69, 9.17) is 18.3 Å². The van der Waals surface area contributed by atoms with Crippen LogP contribution in [0.5, 0.6) is 5.75 Å². The van der Waals surface area contributed by atoms with Crippen LogP contribution < -0.4 is 4.74 Å². The Morgan fingerprint density at radius 2 is 2.39 bits per heavy atom. The lowest BCUT2D eigenvalue weighted by molar-refractivity contribution is 0.157. The van der Waals surface area contributed by atoms with E-state index >= 15 is 0 Å². The molecule has 0 aliphatic carbocycles. The van der Waals surface area contributed by atoms with Crippen LogP contribution in [-0.4, -0.2) is 38.9 Å². The smallest absolute Gasteiger partial charge is 0.149 e. The molecule has 18 heavy (non-hydrogen) atoms. The average molecular weight is 272 g/mol. The summed E-state index contributed by atoms with van der Waals surface area (Å²) in [5.41, 5.74) is 1.67. The van der Waals surface area contributed by atoms with Gasteiger partial charge in [0, 0.05) is 18.9 Å². The van der Waals surface area contributed by atoms with E-state index in [9.17, 15) is 0 Å². The van der Waals surface area contributed by atoms with E-state index in [1.165, 1.54) is 6.26 Å². The van der Waals surface area contributed by atoms with Gasteiger partial charge in [0.05, 0.1) is 6.61 Å². The second kappa shape index (κ2) is 7.78. The molecule has 0 aromatic carbocycles. The molecule has 1 atom stereocenters. The van der Waals surface area contributed by atoms with Gasteiger partial charge in [0.1, 0.15) is 34.8 Å². The molecule has 0 amide bonds. The highest BCUT2D eigenvalue weighted by Gasteiger charge is 2.17. The summed E-state index contributed by atoms with van der Waals surface area (Å²) in [4.78, 5) is 9.24. The number of hydrogen-bond acceptors (Lipinski definition) is 5. The third kappa shape index (κ3) is 4.80. The number of rotatable bonds is 2. The zero-order valence-electron chi connectivity index (χ0n) is 10.3. The summed E-state index contributed by atoms with van der Waals surface area (Å²) in [6.07, 6.45) is 3.68.